The van der Waals surface area contributed by atoms with E-state index in [2.05, 4.69) is 16.0 Å². The van der Waals surface area contributed by atoms with Crippen LogP contribution in [0.3, 0.4) is 0 Å². The summed E-state index contributed by atoms with van der Waals surface area (Å²) in [7, 11) is 0. The van der Waals surface area contributed by atoms with Gasteiger partial charge in [0.25, 0.3) is 0 Å². The van der Waals surface area contributed by atoms with Crippen molar-refractivity contribution in [2.24, 2.45) is 5.73 Å². The summed E-state index contributed by atoms with van der Waals surface area (Å²) in [4.78, 5) is 47.2. The van der Waals surface area contributed by atoms with Crippen molar-refractivity contribution in [1.29, 1.82) is 0 Å². The van der Waals surface area contributed by atoms with Crippen molar-refractivity contribution >= 4 is 23.9 Å². The molecule has 0 aliphatic heterocycles. The minimum atomic E-state index is -1.19. The van der Waals surface area contributed by atoms with E-state index < -0.39 is 47.6 Å². The van der Waals surface area contributed by atoms with E-state index in [4.69, 9.17) is 15.6 Å². The highest BCUT2D eigenvalue weighted by molar-refractivity contribution is 5.92. The second-order valence-electron chi connectivity index (χ2n) is 7.28. The molecular formula is C17H32N4O6. The number of hydrogen-bond acceptors (Lipinski definition) is 6. The molecule has 27 heavy (non-hydrogen) atoms. The average Bonchev–Trinajstić information content (AvgIpc) is 2.51. The number of ether oxygens (including phenoxy) is 1. The van der Waals surface area contributed by atoms with E-state index in [-0.39, 0.29) is 0 Å². The molecule has 156 valence electrons. The topological polar surface area (TPSA) is 160 Å². The summed E-state index contributed by atoms with van der Waals surface area (Å²) in [6.45, 7) is 8.29. The largest absolute Gasteiger partial charge is 0.480 e. The molecule has 0 fully saturated rings. The number of alkyl carbamates (subject to hydrolysis) is 1. The predicted molar refractivity (Wildman–Crippen MR) is 98.9 cm³/mol. The highest BCUT2D eigenvalue weighted by Gasteiger charge is 2.27. The van der Waals surface area contributed by atoms with Gasteiger partial charge in [-0.3, -0.25) is 14.4 Å². The average molecular weight is 388 g/mol. The fourth-order valence-corrected chi connectivity index (χ4v) is 1.99. The molecular weight excluding hydrogens is 356 g/mol. The monoisotopic (exact) mass is 388 g/mol. The smallest absolute Gasteiger partial charge is 0.408 e. The Labute approximate surface area is 159 Å². The normalized spacial score (nSPS) is 14.4. The molecule has 3 atom stereocenters. The number of amides is 3. The van der Waals surface area contributed by atoms with E-state index in [1.807, 2.05) is 0 Å². The summed E-state index contributed by atoms with van der Waals surface area (Å²) in [5, 5.41) is 16.1. The zero-order valence-electron chi connectivity index (χ0n) is 16.6. The third-order valence-electron chi connectivity index (χ3n) is 3.44. The molecule has 0 aliphatic carbocycles. The van der Waals surface area contributed by atoms with Crippen molar-refractivity contribution in [3.05, 3.63) is 0 Å². The maximum absolute atomic E-state index is 12.5. The van der Waals surface area contributed by atoms with Gasteiger partial charge >= 0.3 is 12.1 Å². The van der Waals surface area contributed by atoms with Crippen LogP contribution in [0.25, 0.3) is 0 Å². The molecule has 0 aromatic rings. The van der Waals surface area contributed by atoms with Gasteiger partial charge in [0.15, 0.2) is 0 Å². The van der Waals surface area contributed by atoms with Gasteiger partial charge < -0.3 is 31.5 Å². The van der Waals surface area contributed by atoms with Gasteiger partial charge in [-0.1, -0.05) is 0 Å². The lowest BCUT2D eigenvalue weighted by atomic mass is 10.1. The van der Waals surface area contributed by atoms with Crippen LogP contribution in [0.4, 0.5) is 4.79 Å². The van der Waals surface area contributed by atoms with Crippen molar-refractivity contribution in [2.75, 3.05) is 6.54 Å². The first-order valence-corrected chi connectivity index (χ1v) is 8.90. The van der Waals surface area contributed by atoms with Gasteiger partial charge in [-0.15, -0.1) is 0 Å². The number of unbranched alkanes of at least 4 members (excludes halogenated alkanes) is 1. The zero-order valence-corrected chi connectivity index (χ0v) is 16.6. The van der Waals surface area contributed by atoms with E-state index in [9.17, 15) is 19.2 Å². The number of carbonyl (C=O) groups is 4. The number of rotatable bonds is 10. The lowest BCUT2D eigenvalue weighted by Gasteiger charge is -2.24. The van der Waals surface area contributed by atoms with E-state index in [1.165, 1.54) is 13.8 Å². The standard InChI is InChI=1S/C17H32N4O6/c1-10(13(22)20-11(2)15(24)25)19-14(23)12(8-6-7-9-18)21-16(26)27-17(3,4)5/h10-12H,6-9,18H2,1-5H3,(H,19,23)(H,20,22)(H,21,26)(H,24,25). The summed E-state index contributed by atoms with van der Waals surface area (Å²) in [5.74, 6) is -2.40. The molecule has 0 spiro atoms. The van der Waals surface area contributed by atoms with Gasteiger partial charge in [0.1, 0.15) is 23.7 Å². The first kappa shape index (κ1) is 24.6. The minimum Gasteiger partial charge on any atom is -0.480 e. The molecule has 10 heteroatoms. The Hall–Kier alpha value is -2.36. The Morgan fingerprint density at radius 3 is 2.00 bits per heavy atom. The Kier molecular flexibility index (Phi) is 10.4. The summed E-state index contributed by atoms with van der Waals surface area (Å²) in [6, 6.07) is -2.97. The van der Waals surface area contributed by atoms with Crippen LogP contribution in [0.15, 0.2) is 0 Å². The quantitative estimate of drug-likeness (QED) is 0.332. The summed E-state index contributed by atoms with van der Waals surface area (Å²) >= 11 is 0. The molecule has 0 rings (SSSR count). The van der Waals surface area contributed by atoms with E-state index in [1.54, 1.807) is 20.8 Å². The second kappa shape index (κ2) is 11.4. The van der Waals surface area contributed by atoms with Crippen molar-refractivity contribution in [3.8, 4) is 0 Å². The molecule has 0 aromatic heterocycles. The summed E-state index contributed by atoms with van der Waals surface area (Å²) < 4.78 is 5.16. The number of carboxylic acids is 1. The Morgan fingerprint density at radius 1 is 0.963 bits per heavy atom. The molecule has 10 nitrogen and oxygen atoms in total. The van der Waals surface area contributed by atoms with Crippen LogP contribution in [0, 0.1) is 0 Å². The van der Waals surface area contributed by atoms with Crippen LogP contribution in [0.1, 0.15) is 53.9 Å². The lowest BCUT2D eigenvalue weighted by Crippen LogP contribution is -2.54. The van der Waals surface area contributed by atoms with Crippen LogP contribution in [-0.4, -0.2) is 59.3 Å². The van der Waals surface area contributed by atoms with Crippen molar-refractivity contribution < 1.29 is 29.0 Å². The maximum atomic E-state index is 12.5. The summed E-state index contributed by atoms with van der Waals surface area (Å²) in [6.07, 6.45) is 0.849. The van der Waals surface area contributed by atoms with Crippen molar-refractivity contribution in [3.63, 3.8) is 0 Å². The SMILES string of the molecule is CC(NC(=O)C(C)NC(=O)C(CCCCN)NC(=O)OC(C)(C)C)C(=O)O. The number of hydrogen-bond donors (Lipinski definition) is 5. The summed E-state index contributed by atoms with van der Waals surface area (Å²) in [5.41, 5.74) is 4.73. The first-order valence-electron chi connectivity index (χ1n) is 8.90. The van der Waals surface area contributed by atoms with Gasteiger partial charge in [-0.05, 0) is 60.4 Å². The highest BCUT2D eigenvalue weighted by Crippen LogP contribution is 2.08. The van der Waals surface area contributed by atoms with Gasteiger partial charge in [-0.25, -0.2) is 4.79 Å². The Morgan fingerprint density at radius 2 is 1.52 bits per heavy atom. The zero-order chi connectivity index (χ0) is 21.2. The molecule has 3 amide bonds. The second-order valence-corrected chi connectivity index (χ2v) is 7.28. The molecule has 6 N–H and O–H groups in total. The third-order valence-corrected chi connectivity index (χ3v) is 3.44. The molecule has 0 radical (unpaired) electrons. The van der Waals surface area contributed by atoms with Gasteiger partial charge in [0, 0.05) is 0 Å². The highest BCUT2D eigenvalue weighted by atomic mass is 16.6. The fourth-order valence-electron chi connectivity index (χ4n) is 1.99. The van der Waals surface area contributed by atoms with Gasteiger partial charge in [0.05, 0.1) is 0 Å². The van der Waals surface area contributed by atoms with Crippen molar-refractivity contribution in [1.82, 2.24) is 16.0 Å². The number of aliphatic carboxylic acids is 1. The van der Waals surface area contributed by atoms with Crippen LogP contribution < -0.4 is 21.7 Å². The van der Waals surface area contributed by atoms with Crippen LogP contribution >= 0.6 is 0 Å². The van der Waals surface area contributed by atoms with Crippen LogP contribution in [-0.2, 0) is 19.1 Å². The molecule has 0 aliphatic rings. The van der Waals surface area contributed by atoms with E-state index in [0.29, 0.717) is 25.8 Å². The molecule has 0 saturated carbocycles. The van der Waals surface area contributed by atoms with Crippen LogP contribution in [0.2, 0.25) is 0 Å². The molecule has 3 unspecified atom stereocenters. The van der Waals surface area contributed by atoms with E-state index in [0.717, 1.165) is 0 Å². The Bertz CT molecular complexity index is 532. The third kappa shape index (κ3) is 11.1. The predicted octanol–water partition coefficient (Wildman–Crippen LogP) is 0.103. The van der Waals surface area contributed by atoms with Crippen LogP contribution in [0.5, 0.6) is 0 Å². The van der Waals surface area contributed by atoms with Gasteiger partial charge in [-0.2, -0.15) is 0 Å². The Balaban J connectivity index is 4.88. The number of carbonyl (C=O) groups excluding carboxylic acids is 3. The lowest BCUT2D eigenvalue weighted by molar-refractivity contribution is -0.141. The molecule has 0 bridgehead atoms. The fraction of sp³-hybridized carbons (Fsp3) is 0.765. The van der Waals surface area contributed by atoms with E-state index >= 15 is 0 Å². The molecule has 0 heterocycles. The van der Waals surface area contributed by atoms with Gasteiger partial charge in [0.2, 0.25) is 11.8 Å². The number of nitrogens with two attached hydrogens (primary N) is 1. The molecule has 0 aromatic carbocycles. The maximum Gasteiger partial charge on any atom is 0.408 e. The molecule has 0 saturated heterocycles. The first-order chi connectivity index (χ1) is 12.4. The number of nitrogens with one attached hydrogen (secondary N) is 3. The van der Waals surface area contributed by atoms with Crippen molar-refractivity contribution in [2.45, 2.75) is 77.6 Å². The number of carboxylic acid groups (broad SMARTS) is 1. The minimum absolute atomic E-state index is 0.322.